The quantitative estimate of drug-likeness (QED) is 0.546. The number of hydrogen-bond donors (Lipinski definition) is 2. The molecule has 1 atom stereocenters. The number of aliphatic hydroxyl groups excluding tert-OH is 1. The lowest BCUT2D eigenvalue weighted by Gasteiger charge is -2.28. The van der Waals surface area contributed by atoms with Crippen molar-refractivity contribution in [2.75, 3.05) is 53.1 Å². The molecule has 3 rings (SSSR count). The van der Waals surface area contributed by atoms with Crippen LogP contribution in [0.1, 0.15) is 11.1 Å². The van der Waals surface area contributed by atoms with E-state index in [0.29, 0.717) is 37.8 Å². The summed E-state index contributed by atoms with van der Waals surface area (Å²) < 4.78 is 29.8. The standard InChI is InChI=1S/C23H31FN2O4/c1-28-23-14-19(15-25-8-7-18-3-2-4-20(24)13-18)5-6-22(23)30-17-21(27)16-26-9-11-29-12-10-26/h2-6,13-14,21,25,27H,7-12,15-17H2,1H3/t21-/m1/s1. The molecule has 1 saturated heterocycles. The highest BCUT2D eigenvalue weighted by atomic mass is 19.1. The van der Waals surface area contributed by atoms with Gasteiger partial charge in [-0.2, -0.15) is 0 Å². The van der Waals surface area contributed by atoms with E-state index in [1.54, 1.807) is 19.2 Å². The van der Waals surface area contributed by atoms with Gasteiger partial charge in [-0.25, -0.2) is 4.39 Å². The predicted octanol–water partition coefficient (Wildman–Crippen LogP) is 2.24. The molecule has 0 aromatic heterocycles. The summed E-state index contributed by atoms with van der Waals surface area (Å²) in [5, 5.41) is 13.6. The molecular weight excluding hydrogens is 387 g/mol. The largest absolute Gasteiger partial charge is 0.493 e. The number of β-amino-alcohol motifs (C(OH)–C–C–N with tert-alkyl or cyclic N) is 1. The number of ether oxygens (including phenoxy) is 3. The fraction of sp³-hybridized carbons (Fsp3) is 0.478. The summed E-state index contributed by atoms with van der Waals surface area (Å²) in [5.41, 5.74) is 2.03. The third-order valence-electron chi connectivity index (χ3n) is 5.04. The number of hydrogen-bond acceptors (Lipinski definition) is 6. The molecule has 1 fully saturated rings. The van der Waals surface area contributed by atoms with Crippen molar-refractivity contribution < 1.29 is 23.7 Å². The number of nitrogens with zero attached hydrogens (tertiary/aromatic N) is 1. The zero-order chi connectivity index (χ0) is 21.2. The van der Waals surface area contributed by atoms with Crippen LogP contribution >= 0.6 is 0 Å². The summed E-state index contributed by atoms with van der Waals surface area (Å²) in [6.07, 6.45) is 0.189. The molecule has 1 aliphatic heterocycles. The monoisotopic (exact) mass is 418 g/mol. The lowest BCUT2D eigenvalue weighted by Crippen LogP contribution is -2.42. The normalized spacial score (nSPS) is 15.7. The minimum Gasteiger partial charge on any atom is -0.493 e. The number of morpholine rings is 1. The predicted molar refractivity (Wildman–Crippen MR) is 114 cm³/mol. The van der Waals surface area contributed by atoms with Gasteiger partial charge in [0.15, 0.2) is 11.5 Å². The fourth-order valence-corrected chi connectivity index (χ4v) is 3.42. The van der Waals surface area contributed by atoms with Crippen LogP contribution in [0.25, 0.3) is 0 Å². The van der Waals surface area contributed by atoms with Gasteiger partial charge in [-0.05, 0) is 48.4 Å². The lowest BCUT2D eigenvalue weighted by atomic mass is 10.1. The van der Waals surface area contributed by atoms with Crippen molar-refractivity contribution in [1.82, 2.24) is 10.2 Å². The van der Waals surface area contributed by atoms with Crippen LogP contribution in [-0.4, -0.2) is 69.2 Å². The van der Waals surface area contributed by atoms with Gasteiger partial charge in [0.05, 0.1) is 20.3 Å². The Kier molecular flexibility index (Phi) is 8.89. The molecule has 164 valence electrons. The van der Waals surface area contributed by atoms with E-state index in [9.17, 15) is 9.50 Å². The molecule has 2 aromatic rings. The molecule has 7 heteroatoms. The van der Waals surface area contributed by atoms with Crippen molar-refractivity contribution in [3.8, 4) is 11.5 Å². The summed E-state index contributed by atoms with van der Waals surface area (Å²) in [4.78, 5) is 2.17. The zero-order valence-electron chi connectivity index (χ0n) is 17.5. The fourth-order valence-electron chi connectivity index (χ4n) is 3.42. The van der Waals surface area contributed by atoms with Gasteiger partial charge in [-0.15, -0.1) is 0 Å². The third-order valence-corrected chi connectivity index (χ3v) is 5.04. The van der Waals surface area contributed by atoms with Crippen LogP contribution in [0, 0.1) is 5.82 Å². The topological polar surface area (TPSA) is 63.2 Å². The van der Waals surface area contributed by atoms with E-state index >= 15 is 0 Å². The van der Waals surface area contributed by atoms with E-state index in [0.717, 1.165) is 37.2 Å². The van der Waals surface area contributed by atoms with Crippen molar-refractivity contribution in [3.63, 3.8) is 0 Å². The van der Waals surface area contributed by atoms with Gasteiger partial charge in [-0.3, -0.25) is 4.90 Å². The van der Waals surface area contributed by atoms with Crippen molar-refractivity contribution in [1.29, 1.82) is 0 Å². The second-order valence-corrected chi connectivity index (χ2v) is 7.42. The highest BCUT2D eigenvalue weighted by molar-refractivity contribution is 5.43. The second-order valence-electron chi connectivity index (χ2n) is 7.42. The average molecular weight is 419 g/mol. The molecule has 0 radical (unpaired) electrons. The molecule has 0 spiro atoms. The van der Waals surface area contributed by atoms with Crippen LogP contribution < -0.4 is 14.8 Å². The van der Waals surface area contributed by atoms with Crippen LogP contribution in [0.4, 0.5) is 4.39 Å². The lowest BCUT2D eigenvalue weighted by molar-refractivity contribution is 0.00445. The summed E-state index contributed by atoms with van der Waals surface area (Å²) >= 11 is 0. The Labute approximate surface area is 177 Å². The van der Waals surface area contributed by atoms with Crippen molar-refractivity contribution >= 4 is 0 Å². The van der Waals surface area contributed by atoms with Crippen LogP contribution in [0.15, 0.2) is 42.5 Å². The zero-order valence-corrected chi connectivity index (χ0v) is 17.5. The first kappa shape index (κ1) is 22.5. The Morgan fingerprint density at radius 1 is 1.13 bits per heavy atom. The van der Waals surface area contributed by atoms with Gasteiger partial charge in [0, 0.05) is 26.2 Å². The maximum absolute atomic E-state index is 13.2. The minimum absolute atomic E-state index is 0.206. The molecule has 0 unspecified atom stereocenters. The second kappa shape index (κ2) is 11.9. The Morgan fingerprint density at radius 3 is 2.73 bits per heavy atom. The van der Waals surface area contributed by atoms with Gasteiger partial charge in [0.1, 0.15) is 18.5 Å². The molecule has 2 aromatic carbocycles. The molecule has 1 heterocycles. The van der Waals surface area contributed by atoms with Gasteiger partial charge in [-0.1, -0.05) is 18.2 Å². The van der Waals surface area contributed by atoms with Crippen LogP contribution in [0.5, 0.6) is 11.5 Å². The number of methoxy groups -OCH3 is 1. The van der Waals surface area contributed by atoms with Gasteiger partial charge in [0.2, 0.25) is 0 Å². The summed E-state index contributed by atoms with van der Waals surface area (Å²) in [7, 11) is 1.60. The number of rotatable bonds is 11. The SMILES string of the molecule is COc1cc(CNCCc2cccc(F)c2)ccc1OC[C@H](O)CN1CCOCC1. The smallest absolute Gasteiger partial charge is 0.161 e. The average Bonchev–Trinajstić information content (AvgIpc) is 2.76. The molecule has 0 aliphatic carbocycles. The van der Waals surface area contributed by atoms with Gasteiger partial charge >= 0.3 is 0 Å². The summed E-state index contributed by atoms with van der Waals surface area (Å²) in [6, 6.07) is 12.4. The van der Waals surface area contributed by atoms with Crippen LogP contribution in [-0.2, 0) is 17.7 Å². The molecule has 2 N–H and O–H groups in total. The van der Waals surface area contributed by atoms with Crippen molar-refractivity contribution in [3.05, 3.63) is 59.4 Å². The van der Waals surface area contributed by atoms with E-state index in [2.05, 4.69) is 10.2 Å². The van der Waals surface area contributed by atoms with E-state index < -0.39 is 6.10 Å². The minimum atomic E-state index is -0.572. The van der Waals surface area contributed by atoms with E-state index in [4.69, 9.17) is 14.2 Å². The molecule has 1 aliphatic rings. The maximum Gasteiger partial charge on any atom is 0.161 e. The number of benzene rings is 2. The molecular formula is C23H31FN2O4. The molecule has 0 amide bonds. The number of nitrogens with one attached hydrogen (secondary N) is 1. The molecule has 0 bridgehead atoms. The van der Waals surface area contributed by atoms with Crippen LogP contribution in [0.2, 0.25) is 0 Å². The highest BCUT2D eigenvalue weighted by Gasteiger charge is 2.16. The van der Waals surface area contributed by atoms with E-state index in [1.165, 1.54) is 6.07 Å². The number of halogens is 1. The van der Waals surface area contributed by atoms with E-state index in [1.807, 2.05) is 24.3 Å². The Morgan fingerprint density at radius 2 is 1.97 bits per heavy atom. The maximum atomic E-state index is 13.2. The van der Waals surface area contributed by atoms with Gasteiger partial charge < -0.3 is 24.6 Å². The van der Waals surface area contributed by atoms with Crippen molar-refractivity contribution in [2.24, 2.45) is 0 Å². The summed E-state index contributed by atoms with van der Waals surface area (Å²) in [6.45, 7) is 5.28. The van der Waals surface area contributed by atoms with Gasteiger partial charge in [0.25, 0.3) is 0 Å². The molecule has 30 heavy (non-hydrogen) atoms. The Balaban J connectivity index is 1.43. The Hall–Kier alpha value is -2.19. The molecule has 6 nitrogen and oxygen atoms in total. The van der Waals surface area contributed by atoms with Crippen LogP contribution in [0.3, 0.4) is 0 Å². The van der Waals surface area contributed by atoms with Crippen molar-refractivity contribution in [2.45, 2.75) is 19.1 Å². The van der Waals surface area contributed by atoms with E-state index in [-0.39, 0.29) is 12.4 Å². The first-order chi connectivity index (χ1) is 14.6. The first-order valence-electron chi connectivity index (χ1n) is 10.4. The highest BCUT2D eigenvalue weighted by Crippen LogP contribution is 2.28. The Bertz CT molecular complexity index is 784. The number of aliphatic hydroxyl groups is 1. The third kappa shape index (κ3) is 7.25. The first-order valence-corrected chi connectivity index (χ1v) is 10.4. The summed E-state index contributed by atoms with van der Waals surface area (Å²) in [5.74, 6) is 1.04. The molecule has 0 saturated carbocycles.